The van der Waals surface area contributed by atoms with E-state index in [1.54, 1.807) is 6.92 Å². The van der Waals surface area contributed by atoms with Crippen LogP contribution < -0.4 is 15.5 Å². The molecule has 0 bridgehead atoms. The Morgan fingerprint density at radius 3 is 2.44 bits per heavy atom. The molecule has 2 heterocycles. The van der Waals surface area contributed by atoms with Crippen molar-refractivity contribution in [3.05, 3.63) is 24.3 Å². The number of amides is 1. The molecule has 0 aliphatic carbocycles. The van der Waals surface area contributed by atoms with E-state index in [0.717, 1.165) is 18.8 Å². The van der Waals surface area contributed by atoms with Gasteiger partial charge in [-0.2, -0.15) is 0 Å². The maximum Gasteiger partial charge on any atom is 0.242 e. The van der Waals surface area contributed by atoms with Crippen LogP contribution in [-0.4, -0.2) is 51.0 Å². The molecule has 0 saturated carbocycles. The Bertz CT molecular complexity index is 697. The molecule has 0 radical (unpaired) electrons. The second-order valence-electron chi connectivity index (χ2n) is 7.07. The third kappa shape index (κ3) is 4.87. The molecule has 1 aromatic rings. The Hall–Kier alpha value is -1.76. The van der Waals surface area contributed by atoms with Crippen molar-refractivity contribution >= 4 is 27.1 Å². The summed E-state index contributed by atoms with van der Waals surface area (Å²) in [5.74, 6) is 0.0514. The molecule has 7 heteroatoms. The van der Waals surface area contributed by atoms with Crippen LogP contribution in [0.25, 0.3) is 0 Å². The topological polar surface area (TPSA) is 78.5 Å². The summed E-state index contributed by atoms with van der Waals surface area (Å²) < 4.78 is 22.9. The van der Waals surface area contributed by atoms with Gasteiger partial charge in [0.15, 0.2) is 9.84 Å². The number of carbonyl (C=O) groups excluding carboxylic acids is 1. The highest BCUT2D eigenvalue weighted by atomic mass is 32.2. The lowest BCUT2D eigenvalue weighted by molar-refractivity contribution is -0.122. The molecular formula is C18H27N3O3S. The Labute approximate surface area is 149 Å². The lowest BCUT2D eigenvalue weighted by Gasteiger charge is -2.29. The Balaban J connectivity index is 1.51. The minimum absolute atomic E-state index is 0.0516. The molecule has 2 aliphatic rings. The highest BCUT2D eigenvalue weighted by Crippen LogP contribution is 2.22. The number of piperidine rings is 1. The van der Waals surface area contributed by atoms with Gasteiger partial charge in [0, 0.05) is 30.5 Å². The maximum atomic E-state index is 12.3. The highest BCUT2D eigenvalue weighted by Gasteiger charge is 2.29. The van der Waals surface area contributed by atoms with Gasteiger partial charge in [-0.15, -0.1) is 0 Å². The Morgan fingerprint density at radius 2 is 1.84 bits per heavy atom. The maximum absolute atomic E-state index is 12.3. The summed E-state index contributed by atoms with van der Waals surface area (Å²) in [7, 11) is -2.98. The summed E-state index contributed by atoms with van der Waals surface area (Å²) in [6.07, 6.45) is 4.30. The summed E-state index contributed by atoms with van der Waals surface area (Å²) in [6.45, 7) is 4.00. The molecule has 25 heavy (non-hydrogen) atoms. The van der Waals surface area contributed by atoms with Crippen molar-refractivity contribution in [3.8, 4) is 0 Å². The highest BCUT2D eigenvalue weighted by molar-refractivity contribution is 7.91. The van der Waals surface area contributed by atoms with Gasteiger partial charge in [0.25, 0.3) is 0 Å². The van der Waals surface area contributed by atoms with Crippen LogP contribution in [0.15, 0.2) is 24.3 Å². The second-order valence-corrected chi connectivity index (χ2v) is 9.30. The van der Waals surface area contributed by atoms with Crippen molar-refractivity contribution in [2.75, 3.05) is 34.8 Å². The molecule has 0 spiro atoms. The number of carbonyl (C=O) groups is 1. The molecule has 1 amide bonds. The van der Waals surface area contributed by atoms with Gasteiger partial charge in [0.05, 0.1) is 11.5 Å². The number of sulfone groups is 1. The molecule has 2 atom stereocenters. The first-order chi connectivity index (χ1) is 11.9. The first-order valence-electron chi connectivity index (χ1n) is 9.05. The van der Waals surface area contributed by atoms with E-state index in [1.165, 1.54) is 24.9 Å². The van der Waals surface area contributed by atoms with Crippen molar-refractivity contribution in [2.24, 2.45) is 0 Å². The van der Waals surface area contributed by atoms with E-state index < -0.39 is 15.9 Å². The van der Waals surface area contributed by atoms with Crippen LogP contribution >= 0.6 is 0 Å². The van der Waals surface area contributed by atoms with Crippen LogP contribution in [0.3, 0.4) is 0 Å². The fourth-order valence-corrected chi connectivity index (χ4v) is 5.14. The predicted octanol–water partition coefficient (Wildman–Crippen LogP) is 1.78. The molecule has 0 aromatic heterocycles. The van der Waals surface area contributed by atoms with E-state index >= 15 is 0 Å². The molecule has 2 N–H and O–H groups in total. The largest absolute Gasteiger partial charge is 0.374 e. The minimum Gasteiger partial charge on any atom is -0.374 e. The quantitative estimate of drug-likeness (QED) is 0.832. The van der Waals surface area contributed by atoms with Gasteiger partial charge in [-0.3, -0.25) is 4.79 Å². The van der Waals surface area contributed by atoms with Crippen LogP contribution in [0.4, 0.5) is 11.4 Å². The molecule has 2 unspecified atom stereocenters. The van der Waals surface area contributed by atoms with Gasteiger partial charge in [-0.25, -0.2) is 8.42 Å². The van der Waals surface area contributed by atoms with E-state index in [0.29, 0.717) is 6.42 Å². The fourth-order valence-electron chi connectivity index (χ4n) is 3.47. The lowest BCUT2D eigenvalue weighted by Crippen LogP contribution is -2.43. The van der Waals surface area contributed by atoms with Crippen LogP contribution in [0.5, 0.6) is 0 Å². The predicted molar refractivity (Wildman–Crippen MR) is 101 cm³/mol. The monoisotopic (exact) mass is 365 g/mol. The summed E-state index contributed by atoms with van der Waals surface area (Å²) in [5.41, 5.74) is 2.11. The van der Waals surface area contributed by atoms with Crippen LogP contribution in [0.2, 0.25) is 0 Å². The summed E-state index contributed by atoms with van der Waals surface area (Å²) in [4.78, 5) is 14.6. The van der Waals surface area contributed by atoms with Crippen molar-refractivity contribution < 1.29 is 13.2 Å². The van der Waals surface area contributed by atoms with Gasteiger partial charge >= 0.3 is 0 Å². The summed E-state index contributed by atoms with van der Waals surface area (Å²) in [5, 5.41) is 6.02. The molecule has 2 saturated heterocycles. The van der Waals surface area contributed by atoms with E-state index in [-0.39, 0.29) is 23.5 Å². The third-order valence-corrected chi connectivity index (χ3v) is 6.71. The zero-order valence-electron chi connectivity index (χ0n) is 14.7. The number of hydrogen-bond donors (Lipinski definition) is 2. The smallest absolute Gasteiger partial charge is 0.242 e. The van der Waals surface area contributed by atoms with Crippen molar-refractivity contribution in [3.63, 3.8) is 0 Å². The number of benzene rings is 1. The van der Waals surface area contributed by atoms with Gasteiger partial charge in [-0.05, 0) is 56.9 Å². The average Bonchev–Trinajstić information content (AvgIpc) is 2.95. The van der Waals surface area contributed by atoms with Crippen LogP contribution in [0, 0.1) is 0 Å². The van der Waals surface area contributed by atoms with Gasteiger partial charge in [0.2, 0.25) is 5.91 Å². The summed E-state index contributed by atoms with van der Waals surface area (Å²) >= 11 is 0. The van der Waals surface area contributed by atoms with Crippen LogP contribution in [-0.2, 0) is 14.6 Å². The van der Waals surface area contributed by atoms with Gasteiger partial charge in [0.1, 0.15) is 6.04 Å². The van der Waals surface area contributed by atoms with Gasteiger partial charge in [-0.1, -0.05) is 0 Å². The third-order valence-electron chi connectivity index (χ3n) is 4.94. The van der Waals surface area contributed by atoms with Crippen molar-refractivity contribution in [1.29, 1.82) is 0 Å². The van der Waals surface area contributed by atoms with E-state index in [2.05, 4.69) is 27.7 Å². The zero-order chi connectivity index (χ0) is 17.9. The second kappa shape index (κ2) is 7.64. The van der Waals surface area contributed by atoms with Crippen molar-refractivity contribution in [1.82, 2.24) is 5.32 Å². The summed E-state index contributed by atoms with van der Waals surface area (Å²) in [6, 6.07) is 7.48. The standard InChI is InChI=1S/C18H27N3O3S/c1-14(18(22)20-16-9-12-25(23,24)13-16)19-15-5-7-17(8-6-15)21-10-3-2-4-11-21/h5-8,14,16,19H,2-4,9-13H2,1H3,(H,20,22). The molecule has 2 fully saturated rings. The number of nitrogens with zero attached hydrogens (tertiary/aromatic N) is 1. The zero-order valence-corrected chi connectivity index (χ0v) is 15.5. The molecule has 2 aliphatic heterocycles. The average molecular weight is 365 g/mol. The number of nitrogens with one attached hydrogen (secondary N) is 2. The minimum atomic E-state index is -2.98. The molecule has 6 nitrogen and oxygen atoms in total. The fraction of sp³-hybridized carbons (Fsp3) is 0.611. The van der Waals surface area contributed by atoms with E-state index in [4.69, 9.17) is 0 Å². The molecule has 1 aromatic carbocycles. The molecule has 3 rings (SSSR count). The van der Waals surface area contributed by atoms with Crippen LogP contribution in [0.1, 0.15) is 32.6 Å². The Morgan fingerprint density at radius 1 is 1.16 bits per heavy atom. The molecular weight excluding hydrogens is 338 g/mol. The number of hydrogen-bond acceptors (Lipinski definition) is 5. The first-order valence-corrected chi connectivity index (χ1v) is 10.9. The molecule has 138 valence electrons. The Kier molecular flexibility index (Phi) is 5.51. The van der Waals surface area contributed by atoms with E-state index in [1.807, 2.05) is 12.1 Å². The normalized spacial score (nSPS) is 23.9. The number of anilines is 2. The lowest BCUT2D eigenvalue weighted by atomic mass is 10.1. The van der Waals surface area contributed by atoms with Gasteiger partial charge < -0.3 is 15.5 Å². The van der Waals surface area contributed by atoms with E-state index in [9.17, 15) is 13.2 Å². The first kappa shape index (κ1) is 18.0. The number of rotatable bonds is 5. The van der Waals surface area contributed by atoms with Crippen molar-refractivity contribution in [2.45, 2.75) is 44.7 Å². The SMILES string of the molecule is CC(Nc1ccc(N2CCCCC2)cc1)C(=O)NC1CCS(=O)(=O)C1.